The molecule has 10 heavy (non-hydrogen) atoms. The maximum atomic E-state index is 8.11. The fourth-order valence-electron chi connectivity index (χ4n) is 0.474. The van der Waals surface area contributed by atoms with Gasteiger partial charge in [0.2, 0.25) is 0 Å². The van der Waals surface area contributed by atoms with Crippen LogP contribution in [0.4, 0.5) is 0 Å². The number of hydrogen-bond acceptors (Lipinski definition) is 2. The molecule has 0 aliphatic heterocycles. The van der Waals surface area contributed by atoms with Crippen LogP contribution < -0.4 is 0 Å². The lowest BCUT2D eigenvalue weighted by molar-refractivity contribution is 0.402. The largest absolute Gasteiger partial charge is 0.309 e. The number of hydrogen-bond donors (Lipinski definition) is 0. The van der Waals surface area contributed by atoms with Gasteiger partial charge in [0, 0.05) is 6.42 Å². The minimum atomic E-state index is 0.679. The molecule has 0 aromatic carbocycles. The molecule has 0 spiro atoms. The second kappa shape index (κ2) is 11.3. The summed E-state index contributed by atoms with van der Waals surface area (Å²) in [5.41, 5.74) is 0. The van der Waals surface area contributed by atoms with Gasteiger partial charge in [-0.1, -0.05) is 13.8 Å². The van der Waals surface area contributed by atoms with Crippen LogP contribution in [0.3, 0.4) is 0 Å². The highest BCUT2D eigenvalue weighted by atomic mass is 15.0. The first-order valence-corrected chi connectivity index (χ1v) is 3.79. The predicted octanol–water partition coefficient (Wildman–Crippen LogP) is 1.88. The molecule has 0 unspecified atom stereocenters. The van der Waals surface area contributed by atoms with Crippen molar-refractivity contribution in [1.29, 1.82) is 5.26 Å². The van der Waals surface area contributed by atoms with Crippen molar-refractivity contribution < 1.29 is 0 Å². The minimum Gasteiger partial charge on any atom is -0.309 e. The third-order valence-electron chi connectivity index (χ3n) is 0.894. The number of rotatable bonds is 3. The molecule has 0 heterocycles. The van der Waals surface area contributed by atoms with Gasteiger partial charge in [0.25, 0.3) is 0 Å². The third kappa shape index (κ3) is 15.7. The zero-order chi connectivity index (χ0) is 8.41. The van der Waals surface area contributed by atoms with Crippen LogP contribution in [0.15, 0.2) is 0 Å². The summed E-state index contributed by atoms with van der Waals surface area (Å²) in [4.78, 5) is 2.08. The van der Waals surface area contributed by atoms with Crippen molar-refractivity contribution in [3.05, 3.63) is 0 Å². The average Bonchev–Trinajstić information content (AvgIpc) is 1.92. The van der Waals surface area contributed by atoms with E-state index in [-0.39, 0.29) is 0 Å². The second-order valence-corrected chi connectivity index (χ2v) is 2.06. The van der Waals surface area contributed by atoms with Crippen LogP contribution in [0.2, 0.25) is 0 Å². The van der Waals surface area contributed by atoms with Gasteiger partial charge in [0.05, 0.1) is 6.07 Å². The predicted molar refractivity (Wildman–Crippen MR) is 44.7 cm³/mol. The summed E-state index contributed by atoms with van der Waals surface area (Å²) in [5, 5.41) is 8.11. The maximum absolute atomic E-state index is 8.11. The van der Waals surface area contributed by atoms with Crippen LogP contribution in [0.5, 0.6) is 0 Å². The molecule has 0 saturated heterocycles. The van der Waals surface area contributed by atoms with Crippen molar-refractivity contribution in [3.63, 3.8) is 0 Å². The van der Waals surface area contributed by atoms with Gasteiger partial charge in [-0.05, 0) is 27.1 Å². The normalized spacial score (nSPS) is 8.00. The minimum absolute atomic E-state index is 0.679. The Hall–Kier alpha value is -0.550. The molecule has 0 fully saturated rings. The Kier molecular flexibility index (Phi) is 13.7. The molecule has 0 aromatic rings. The Labute approximate surface area is 64.5 Å². The molecule has 2 nitrogen and oxygen atoms in total. The fourth-order valence-corrected chi connectivity index (χ4v) is 0.474. The molecule has 60 valence electrons. The SMILES string of the molecule is CC.CN(C)CCCC#N. The van der Waals surface area contributed by atoms with Gasteiger partial charge in [-0.2, -0.15) is 5.26 Å². The molecule has 0 aliphatic rings. The van der Waals surface area contributed by atoms with Crippen molar-refractivity contribution >= 4 is 0 Å². The first-order valence-electron chi connectivity index (χ1n) is 3.79. The van der Waals surface area contributed by atoms with Gasteiger partial charge in [-0.3, -0.25) is 0 Å². The molecule has 0 rings (SSSR count). The first kappa shape index (κ1) is 12.2. The summed E-state index contributed by atoms with van der Waals surface area (Å²) < 4.78 is 0. The van der Waals surface area contributed by atoms with Gasteiger partial charge < -0.3 is 4.90 Å². The Morgan fingerprint density at radius 3 is 2.10 bits per heavy atom. The molecule has 0 amide bonds. The second-order valence-electron chi connectivity index (χ2n) is 2.06. The highest BCUT2D eigenvalue weighted by molar-refractivity contribution is 4.68. The highest BCUT2D eigenvalue weighted by Gasteiger charge is 1.86. The Balaban J connectivity index is 0. The van der Waals surface area contributed by atoms with Crippen molar-refractivity contribution in [2.45, 2.75) is 26.7 Å². The van der Waals surface area contributed by atoms with E-state index in [0.717, 1.165) is 13.0 Å². The molecule has 2 heteroatoms. The average molecular weight is 142 g/mol. The van der Waals surface area contributed by atoms with Crippen LogP contribution in [0, 0.1) is 11.3 Å². The van der Waals surface area contributed by atoms with Crippen molar-refractivity contribution in [1.82, 2.24) is 4.90 Å². The zero-order valence-electron chi connectivity index (χ0n) is 7.52. The van der Waals surface area contributed by atoms with Crippen LogP contribution in [0.1, 0.15) is 26.7 Å². The van der Waals surface area contributed by atoms with Gasteiger partial charge in [0.15, 0.2) is 0 Å². The molecule has 0 atom stereocenters. The number of unbranched alkanes of at least 4 members (excludes halogenated alkanes) is 1. The summed E-state index contributed by atoms with van der Waals surface area (Å²) in [6.07, 6.45) is 1.67. The molecule has 0 aromatic heterocycles. The fraction of sp³-hybridized carbons (Fsp3) is 0.875. The molecule has 0 N–H and O–H groups in total. The van der Waals surface area contributed by atoms with E-state index in [9.17, 15) is 0 Å². The quantitative estimate of drug-likeness (QED) is 0.562. The van der Waals surface area contributed by atoms with Crippen LogP contribution in [0.25, 0.3) is 0 Å². The van der Waals surface area contributed by atoms with Crippen molar-refractivity contribution in [3.8, 4) is 6.07 Å². The zero-order valence-corrected chi connectivity index (χ0v) is 7.52. The van der Waals surface area contributed by atoms with Crippen molar-refractivity contribution in [2.24, 2.45) is 0 Å². The van der Waals surface area contributed by atoms with E-state index in [1.165, 1.54) is 0 Å². The van der Waals surface area contributed by atoms with E-state index in [2.05, 4.69) is 11.0 Å². The third-order valence-corrected chi connectivity index (χ3v) is 0.894. The monoisotopic (exact) mass is 142 g/mol. The number of nitriles is 1. The van der Waals surface area contributed by atoms with E-state index in [1.807, 2.05) is 27.9 Å². The van der Waals surface area contributed by atoms with Crippen molar-refractivity contribution in [2.75, 3.05) is 20.6 Å². The van der Waals surface area contributed by atoms with E-state index in [1.54, 1.807) is 0 Å². The smallest absolute Gasteiger partial charge is 0.0622 e. The van der Waals surface area contributed by atoms with E-state index < -0.39 is 0 Å². The molecular formula is C8H18N2. The first-order chi connectivity index (χ1) is 4.77. The summed E-state index contributed by atoms with van der Waals surface area (Å²) in [6.45, 7) is 5.02. The van der Waals surface area contributed by atoms with Crippen LogP contribution in [-0.2, 0) is 0 Å². The van der Waals surface area contributed by atoms with Crippen LogP contribution >= 0.6 is 0 Å². The Bertz CT molecular complexity index is 81.7. The lowest BCUT2D eigenvalue weighted by Crippen LogP contribution is -2.12. The summed E-state index contributed by atoms with van der Waals surface area (Å²) in [7, 11) is 4.02. The highest BCUT2D eigenvalue weighted by Crippen LogP contribution is 1.86. The molecule has 0 radical (unpaired) electrons. The van der Waals surface area contributed by atoms with Crippen LogP contribution in [-0.4, -0.2) is 25.5 Å². The van der Waals surface area contributed by atoms with Gasteiger partial charge in [-0.15, -0.1) is 0 Å². The Morgan fingerprint density at radius 2 is 1.80 bits per heavy atom. The lowest BCUT2D eigenvalue weighted by Gasteiger charge is -2.05. The van der Waals surface area contributed by atoms with E-state index in [0.29, 0.717) is 6.42 Å². The summed E-state index contributed by atoms with van der Waals surface area (Å²) >= 11 is 0. The molecule has 0 aliphatic carbocycles. The van der Waals surface area contributed by atoms with Gasteiger partial charge in [0.1, 0.15) is 0 Å². The Morgan fingerprint density at radius 1 is 1.30 bits per heavy atom. The van der Waals surface area contributed by atoms with Gasteiger partial charge in [-0.25, -0.2) is 0 Å². The van der Waals surface area contributed by atoms with Gasteiger partial charge >= 0.3 is 0 Å². The topological polar surface area (TPSA) is 27.0 Å². The molecular weight excluding hydrogens is 124 g/mol. The maximum Gasteiger partial charge on any atom is 0.0622 e. The summed E-state index contributed by atoms with van der Waals surface area (Å²) in [5.74, 6) is 0. The standard InChI is InChI=1S/C6H12N2.C2H6/c1-8(2)6-4-3-5-7;1-2/h3-4,6H2,1-2H3;1-2H3. The van der Waals surface area contributed by atoms with E-state index in [4.69, 9.17) is 5.26 Å². The lowest BCUT2D eigenvalue weighted by atomic mass is 10.3. The number of nitrogens with zero attached hydrogens (tertiary/aromatic N) is 2. The molecule has 0 bridgehead atoms. The molecule has 0 saturated carbocycles. The van der Waals surface area contributed by atoms with E-state index >= 15 is 0 Å². The summed E-state index contributed by atoms with van der Waals surface area (Å²) in [6, 6.07) is 2.10.